The van der Waals surface area contributed by atoms with Gasteiger partial charge in [-0.3, -0.25) is 4.98 Å². The maximum atomic E-state index is 4.77. The van der Waals surface area contributed by atoms with Crippen molar-refractivity contribution in [2.24, 2.45) is 5.92 Å². The first kappa shape index (κ1) is 18.6. The number of nitrogens with zero attached hydrogens (tertiary/aromatic N) is 1. The van der Waals surface area contributed by atoms with Crippen LogP contribution in [0.2, 0.25) is 19.6 Å². The van der Waals surface area contributed by atoms with Gasteiger partial charge in [-0.15, -0.1) is 0 Å². The number of benzene rings is 2. The molecule has 0 aliphatic rings. The van der Waals surface area contributed by atoms with Crippen LogP contribution in [0.4, 0.5) is 0 Å². The minimum atomic E-state index is -1.31. The molecule has 2 aromatic carbocycles. The second-order valence-electron chi connectivity index (χ2n) is 8.52. The Morgan fingerprint density at radius 2 is 1.58 bits per heavy atom. The molecule has 26 heavy (non-hydrogen) atoms. The lowest BCUT2D eigenvalue weighted by molar-refractivity contribution is 0.648. The number of rotatable bonds is 5. The molecule has 0 bridgehead atoms. The van der Waals surface area contributed by atoms with Crippen molar-refractivity contribution in [2.45, 2.75) is 39.9 Å². The van der Waals surface area contributed by atoms with Crippen LogP contribution in [0.1, 0.15) is 19.4 Å². The highest BCUT2D eigenvalue weighted by atomic mass is 28.3. The maximum absolute atomic E-state index is 4.77. The van der Waals surface area contributed by atoms with Gasteiger partial charge in [-0.25, -0.2) is 0 Å². The van der Waals surface area contributed by atoms with E-state index in [1.807, 2.05) is 0 Å². The van der Waals surface area contributed by atoms with E-state index in [1.165, 1.54) is 27.4 Å². The lowest BCUT2D eigenvalue weighted by Gasteiger charge is -2.17. The third-order valence-electron chi connectivity index (χ3n) is 4.74. The van der Waals surface area contributed by atoms with Crippen molar-refractivity contribution in [1.29, 1.82) is 0 Å². The van der Waals surface area contributed by atoms with Crippen LogP contribution in [0.15, 0.2) is 66.9 Å². The summed E-state index contributed by atoms with van der Waals surface area (Å²) in [5, 5.41) is 1.41. The fourth-order valence-corrected chi connectivity index (χ4v) is 4.30. The predicted octanol–water partition coefficient (Wildman–Crippen LogP) is 6.16. The Hall–Kier alpha value is -2.19. The summed E-state index contributed by atoms with van der Waals surface area (Å²) in [6.07, 6.45) is 3.15. The third kappa shape index (κ3) is 4.31. The van der Waals surface area contributed by atoms with Gasteiger partial charge in [-0.1, -0.05) is 82.0 Å². The normalized spacial score (nSPS) is 11.8. The van der Waals surface area contributed by atoms with Gasteiger partial charge in [-0.05, 0) is 46.3 Å². The number of hydrogen-bond donors (Lipinski definition) is 0. The average molecular weight is 360 g/mol. The Bertz CT molecular complexity index is 859. The first-order valence-corrected chi connectivity index (χ1v) is 13.0. The van der Waals surface area contributed by atoms with E-state index >= 15 is 0 Å². The zero-order valence-electron chi connectivity index (χ0n) is 16.6. The monoisotopic (exact) mass is 359 g/mol. The van der Waals surface area contributed by atoms with Crippen LogP contribution in [-0.2, 0) is 6.42 Å². The molecule has 0 atom stereocenters. The molecule has 1 heterocycles. The first-order valence-electron chi connectivity index (χ1n) is 9.50. The van der Waals surface area contributed by atoms with Crippen molar-refractivity contribution < 1.29 is 0 Å². The Morgan fingerprint density at radius 1 is 0.846 bits per heavy atom. The smallest absolute Gasteiger partial charge is 0.0796 e. The molecule has 0 amide bonds. The maximum Gasteiger partial charge on any atom is 0.0796 e. The second kappa shape index (κ2) is 7.59. The van der Waals surface area contributed by atoms with E-state index in [2.05, 4.69) is 100 Å². The van der Waals surface area contributed by atoms with Gasteiger partial charge in [-0.2, -0.15) is 0 Å². The largest absolute Gasteiger partial charge is 0.256 e. The summed E-state index contributed by atoms with van der Waals surface area (Å²) in [6, 6.07) is 21.9. The van der Waals surface area contributed by atoms with Gasteiger partial charge in [0.15, 0.2) is 0 Å². The van der Waals surface area contributed by atoms with Gasteiger partial charge in [0, 0.05) is 11.8 Å². The molecule has 0 aliphatic carbocycles. The molecule has 0 aliphatic heterocycles. The molecular weight excluding hydrogens is 330 g/mol. The van der Waals surface area contributed by atoms with E-state index in [-0.39, 0.29) is 0 Å². The summed E-state index contributed by atoms with van der Waals surface area (Å²) in [4.78, 5) is 4.77. The number of pyridine rings is 1. The highest BCUT2D eigenvalue weighted by Crippen LogP contribution is 2.30. The minimum absolute atomic E-state index is 0.620. The SMILES string of the molecule is CC(C)Cc1cc(-c2ccc([Si](C)(C)C)cn2)ccc1-c1ccccc1. The van der Waals surface area contributed by atoms with E-state index in [9.17, 15) is 0 Å². The molecule has 3 aromatic rings. The summed E-state index contributed by atoms with van der Waals surface area (Å²) in [5.74, 6) is 0.620. The number of hydrogen-bond acceptors (Lipinski definition) is 1. The van der Waals surface area contributed by atoms with E-state index in [4.69, 9.17) is 4.98 Å². The van der Waals surface area contributed by atoms with Gasteiger partial charge in [0.25, 0.3) is 0 Å². The van der Waals surface area contributed by atoms with Crippen LogP contribution in [0.3, 0.4) is 0 Å². The zero-order chi connectivity index (χ0) is 18.7. The van der Waals surface area contributed by atoms with Crippen molar-refractivity contribution in [1.82, 2.24) is 4.98 Å². The fourth-order valence-electron chi connectivity index (χ4n) is 3.27. The van der Waals surface area contributed by atoms with Crippen molar-refractivity contribution >= 4 is 13.3 Å². The molecular formula is C24H29NSi. The molecule has 1 nitrogen and oxygen atoms in total. The fraction of sp³-hybridized carbons (Fsp3) is 0.292. The summed E-state index contributed by atoms with van der Waals surface area (Å²) < 4.78 is 0. The minimum Gasteiger partial charge on any atom is -0.256 e. The topological polar surface area (TPSA) is 12.9 Å². The Balaban J connectivity index is 2.01. The molecule has 0 spiro atoms. The Labute approximate surface area is 159 Å². The van der Waals surface area contributed by atoms with Crippen LogP contribution in [0.5, 0.6) is 0 Å². The lowest BCUT2D eigenvalue weighted by atomic mass is 9.91. The van der Waals surface area contributed by atoms with Gasteiger partial charge in [0.1, 0.15) is 0 Å². The molecule has 0 radical (unpaired) electrons. The van der Waals surface area contributed by atoms with Gasteiger partial charge >= 0.3 is 0 Å². The summed E-state index contributed by atoms with van der Waals surface area (Å²) in [7, 11) is -1.31. The summed E-state index contributed by atoms with van der Waals surface area (Å²) in [5.41, 5.74) is 6.30. The highest BCUT2D eigenvalue weighted by Gasteiger charge is 2.17. The van der Waals surface area contributed by atoms with Gasteiger partial charge in [0.05, 0.1) is 13.8 Å². The predicted molar refractivity (Wildman–Crippen MR) is 117 cm³/mol. The molecule has 0 N–H and O–H groups in total. The summed E-state index contributed by atoms with van der Waals surface area (Å²) >= 11 is 0. The summed E-state index contributed by atoms with van der Waals surface area (Å²) in [6.45, 7) is 11.6. The molecule has 0 saturated heterocycles. The standard InChI is InChI=1S/C24H29NSi/c1-18(2)15-21-16-20(11-13-23(21)19-9-7-6-8-10-19)24-14-12-22(17-25-24)26(3,4)5/h6-14,16-18H,15H2,1-5H3. The average Bonchev–Trinajstić information content (AvgIpc) is 2.61. The van der Waals surface area contributed by atoms with Crippen molar-refractivity contribution in [3.63, 3.8) is 0 Å². The number of aromatic nitrogens is 1. The molecule has 1 aromatic heterocycles. The lowest BCUT2D eigenvalue weighted by Crippen LogP contribution is -2.37. The Kier molecular flexibility index (Phi) is 5.43. The van der Waals surface area contributed by atoms with Crippen LogP contribution in [0, 0.1) is 5.92 Å². The van der Waals surface area contributed by atoms with Crippen LogP contribution < -0.4 is 5.19 Å². The highest BCUT2D eigenvalue weighted by molar-refractivity contribution is 6.88. The van der Waals surface area contributed by atoms with Crippen LogP contribution >= 0.6 is 0 Å². The first-order chi connectivity index (χ1) is 12.3. The Morgan fingerprint density at radius 3 is 2.15 bits per heavy atom. The van der Waals surface area contributed by atoms with E-state index in [1.54, 1.807) is 0 Å². The molecule has 2 heteroatoms. The van der Waals surface area contributed by atoms with Crippen LogP contribution in [0.25, 0.3) is 22.4 Å². The van der Waals surface area contributed by atoms with Gasteiger partial charge < -0.3 is 0 Å². The second-order valence-corrected chi connectivity index (χ2v) is 13.6. The molecule has 134 valence electrons. The van der Waals surface area contributed by atoms with Gasteiger partial charge in [0.2, 0.25) is 0 Å². The van der Waals surface area contributed by atoms with Crippen molar-refractivity contribution in [3.8, 4) is 22.4 Å². The molecule has 0 unspecified atom stereocenters. The molecule has 0 fully saturated rings. The zero-order valence-corrected chi connectivity index (χ0v) is 17.6. The molecule has 3 rings (SSSR count). The quantitative estimate of drug-likeness (QED) is 0.497. The van der Waals surface area contributed by atoms with E-state index in [0.717, 1.165) is 12.1 Å². The van der Waals surface area contributed by atoms with Crippen LogP contribution in [-0.4, -0.2) is 13.1 Å². The van der Waals surface area contributed by atoms with Crippen molar-refractivity contribution in [2.75, 3.05) is 0 Å². The van der Waals surface area contributed by atoms with Crippen molar-refractivity contribution in [3.05, 3.63) is 72.4 Å². The molecule has 0 saturated carbocycles. The third-order valence-corrected chi connectivity index (χ3v) is 6.77. The van der Waals surface area contributed by atoms with E-state index < -0.39 is 8.07 Å². The van der Waals surface area contributed by atoms with E-state index in [0.29, 0.717) is 5.92 Å².